The summed E-state index contributed by atoms with van der Waals surface area (Å²) in [6.07, 6.45) is 1.96. The van der Waals surface area contributed by atoms with Crippen LogP contribution < -0.4 is 9.64 Å². The molecule has 0 aromatic heterocycles. The lowest BCUT2D eigenvalue weighted by Crippen LogP contribution is -2.47. The molecule has 8 nitrogen and oxygen atoms in total. The second-order valence-corrected chi connectivity index (χ2v) is 6.29. The normalized spacial score (nSPS) is 13.4. The number of nitro groups is 1. The van der Waals surface area contributed by atoms with Crippen molar-refractivity contribution in [1.82, 2.24) is 4.90 Å². The van der Waals surface area contributed by atoms with Crippen LogP contribution in [0.25, 0.3) is 0 Å². The molecular weight excluding hydrogens is 338 g/mol. The van der Waals surface area contributed by atoms with Crippen molar-refractivity contribution in [3.8, 4) is 5.75 Å². The zero-order valence-electron chi connectivity index (χ0n) is 15.4. The van der Waals surface area contributed by atoms with Gasteiger partial charge in [0.1, 0.15) is 12.3 Å². The number of rotatable bonds is 8. The molecule has 2 amide bonds. The van der Waals surface area contributed by atoms with E-state index < -0.39 is 4.92 Å². The Morgan fingerprint density at radius 1 is 1.35 bits per heavy atom. The van der Waals surface area contributed by atoms with Crippen LogP contribution in [0.2, 0.25) is 0 Å². The summed E-state index contributed by atoms with van der Waals surface area (Å²) in [5.74, 6) is 0.218. The minimum atomic E-state index is -0.537. The van der Waals surface area contributed by atoms with E-state index in [-0.39, 0.29) is 36.3 Å². The van der Waals surface area contributed by atoms with Crippen LogP contribution >= 0.6 is 0 Å². The Bertz CT molecular complexity index is 687. The van der Waals surface area contributed by atoms with E-state index >= 15 is 0 Å². The summed E-state index contributed by atoms with van der Waals surface area (Å²) in [7, 11) is 0. The number of ether oxygens (including phenoxy) is 1. The standard InChI is InChI=1S/C18H25N3O5/c1-4-13(5-2)10-19(6-3)17(22)11-20-15-9-14(21(24)25)7-8-16(15)26-12-18(20)23/h7-9,13H,4-6,10-12H2,1-3H3. The lowest BCUT2D eigenvalue weighted by molar-refractivity contribution is -0.384. The van der Waals surface area contributed by atoms with E-state index in [2.05, 4.69) is 13.8 Å². The Balaban J connectivity index is 2.22. The van der Waals surface area contributed by atoms with Crippen LogP contribution in [0.1, 0.15) is 33.6 Å². The molecule has 1 aliphatic rings. The topological polar surface area (TPSA) is 93.0 Å². The van der Waals surface area contributed by atoms with E-state index in [4.69, 9.17) is 4.74 Å². The van der Waals surface area contributed by atoms with Gasteiger partial charge in [-0.05, 0) is 18.9 Å². The highest BCUT2D eigenvalue weighted by Crippen LogP contribution is 2.35. The van der Waals surface area contributed by atoms with Gasteiger partial charge < -0.3 is 9.64 Å². The van der Waals surface area contributed by atoms with Crippen LogP contribution in [0.15, 0.2) is 18.2 Å². The molecule has 0 aliphatic carbocycles. The molecule has 1 aromatic carbocycles. The summed E-state index contributed by atoms with van der Waals surface area (Å²) in [6, 6.07) is 4.05. The van der Waals surface area contributed by atoms with Crippen molar-refractivity contribution in [3.05, 3.63) is 28.3 Å². The van der Waals surface area contributed by atoms with Crippen LogP contribution in [0.3, 0.4) is 0 Å². The molecular formula is C18H25N3O5. The molecule has 0 fully saturated rings. The van der Waals surface area contributed by atoms with Gasteiger partial charge >= 0.3 is 0 Å². The Morgan fingerprint density at radius 3 is 2.62 bits per heavy atom. The van der Waals surface area contributed by atoms with Gasteiger partial charge in [0.15, 0.2) is 6.61 Å². The lowest BCUT2D eigenvalue weighted by atomic mass is 10.0. The number of carbonyl (C=O) groups is 2. The molecule has 1 heterocycles. The summed E-state index contributed by atoms with van der Waals surface area (Å²) < 4.78 is 5.33. The first-order valence-electron chi connectivity index (χ1n) is 8.90. The third-order valence-corrected chi connectivity index (χ3v) is 4.76. The lowest BCUT2D eigenvalue weighted by Gasteiger charge is -2.32. The molecule has 0 N–H and O–H groups in total. The van der Waals surface area contributed by atoms with E-state index in [1.54, 1.807) is 4.90 Å². The van der Waals surface area contributed by atoms with Crippen molar-refractivity contribution >= 4 is 23.2 Å². The highest BCUT2D eigenvalue weighted by Gasteiger charge is 2.30. The van der Waals surface area contributed by atoms with Crippen molar-refractivity contribution in [2.45, 2.75) is 33.6 Å². The van der Waals surface area contributed by atoms with Crippen LogP contribution in [0, 0.1) is 16.0 Å². The first-order chi connectivity index (χ1) is 12.4. The summed E-state index contributed by atoms with van der Waals surface area (Å²) >= 11 is 0. The highest BCUT2D eigenvalue weighted by molar-refractivity contribution is 6.02. The quantitative estimate of drug-likeness (QED) is 0.523. The summed E-state index contributed by atoms with van der Waals surface area (Å²) in [6.45, 7) is 6.94. The number of fused-ring (bicyclic) bond motifs is 1. The minimum Gasteiger partial charge on any atom is -0.482 e. The maximum atomic E-state index is 12.7. The Kier molecular flexibility index (Phi) is 6.54. The first kappa shape index (κ1) is 19.7. The van der Waals surface area contributed by atoms with E-state index in [9.17, 15) is 19.7 Å². The zero-order chi connectivity index (χ0) is 19.3. The van der Waals surface area contributed by atoms with E-state index in [0.717, 1.165) is 12.8 Å². The van der Waals surface area contributed by atoms with E-state index in [1.165, 1.54) is 23.1 Å². The van der Waals surface area contributed by atoms with Gasteiger partial charge in [0.05, 0.1) is 10.6 Å². The average molecular weight is 363 g/mol. The molecule has 26 heavy (non-hydrogen) atoms. The first-order valence-corrected chi connectivity index (χ1v) is 8.90. The van der Waals surface area contributed by atoms with Gasteiger partial charge in [-0.3, -0.25) is 24.6 Å². The number of carbonyl (C=O) groups excluding carboxylic acids is 2. The molecule has 0 unspecified atom stereocenters. The number of benzene rings is 1. The van der Waals surface area contributed by atoms with Crippen molar-refractivity contribution in [3.63, 3.8) is 0 Å². The third kappa shape index (κ3) is 4.30. The number of nitrogens with zero attached hydrogens (tertiary/aromatic N) is 3. The molecule has 142 valence electrons. The fourth-order valence-corrected chi connectivity index (χ4v) is 2.98. The molecule has 0 bridgehead atoms. The molecule has 0 saturated carbocycles. The Morgan fingerprint density at radius 2 is 2.04 bits per heavy atom. The van der Waals surface area contributed by atoms with Crippen molar-refractivity contribution < 1.29 is 19.2 Å². The molecule has 0 radical (unpaired) electrons. The number of non-ortho nitro benzene ring substituents is 1. The maximum absolute atomic E-state index is 12.7. The van der Waals surface area contributed by atoms with Crippen LogP contribution in [0.4, 0.5) is 11.4 Å². The predicted octanol–water partition coefficient (Wildman–Crippen LogP) is 2.60. The highest BCUT2D eigenvalue weighted by atomic mass is 16.6. The number of hydrogen-bond donors (Lipinski definition) is 0. The SMILES string of the molecule is CCC(CC)CN(CC)C(=O)CN1C(=O)COc2ccc([N+](=O)[O-])cc21. The Labute approximate surface area is 152 Å². The fraction of sp³-hybridized carbons (Fsp3) is 0.556. The molecule has 1 aliphatic heterocycles. The number of hydrogen-bond acceptors (Lipinski definition) is 5. The van der Waals surface area contributed by atoms with Crippen LogP contribution in [0.5, 0.6) is 5.75 Å². The molecule has 8 heteroatoms. The summed E-state index contributed by atoms with van der Waals surface area (Å²) in [5.41, 5.74) is 0.117. The molecule has 0 saturated heterocycles. The van der Waals surface area contributed by atoms with Crippen LogP contribution in [-0.4, -0.2) is 47.9 Å². The van der Waals surface area contributed by atoms with Gasteiger partial charge in [0, 0.05) is 25.2 Å². The number of amides is 2. The van der Waals surface area contributed by atoms with Gasteiger partial charge in [-0.15, -0.1) is 0 Å². The fourth-order valence-electron chi connectivity index (χ4n) is 2.98. The summed E-state index contributed by atoms with van der Waals surface area (Å²) in [5, 5.41) is 11.0. The smallest absolute Gasteiger partial charge is 0.271 e. The van der Waals surface area contributed by atoms with Crippen molar-refractivity contribution in [2.24, 2.45) is 5.92 Å². The van der Waals surface area contributed by atoms with Crippen molar-refractivity contribution in [1.29, 1.82) is 0 Å². The molecule has 2 rings (SSSR count). The second kappa shape index (κ2) is 8.64. The number of likely N-dealkylation sites (N-methyl/N-ethyl adjacent to an activating group) is 1. The zero-order valence-corrected chi connectivity index (χ0v) is 15.4. The summed E-state index contributed by atoms with van der Waals surface area (Å²) in [4.78, 5) is 38.5. The molecule has 0 spiro atoms. The minimum absolute atomic E-state index is 0.148. The third-order valence-electron chi connectivity index (χ3n) is 4.76. The molecule has 1 aromatic rings. The van der Waals surface area contributed by atoms with Gasteiger partial charge in [0.25, 0.3) is 11.6 Å². The van der Waals surface area contributed by atoms with Crippen molar-refractivity contribution in [2.75, 3.05) is 31.1 Å². The predicted molar refractivity (Wildman–Crippen MR) is 97.3 cm³/mol. The van der Waals surface area contributed by atoms with Crippen LogP contribution in [-0.2, 0) is 9.59 Å². The van der Waals surface area contributed by atoms with E-state index in [0.29, 0.717) is 24.8 Å². The number of anilines is 1. The second-order valence-electron chi connectivity index (χ2n) is 6.29. The maximum Gasteiger partial charge on any atom is 0.271 e. The number of nitro benzene ring substituents is 1. The molecule has 0 atom stereocenters. The monoisotopic (exact) mass is 363 g/mol. The average Bonchev–Trinajstić information content (AvgIpc) is 2.64. The Hall–Kier alpha value is -2.64. The van der Waals surface area contributed by atoms with Gasteiger partial charge in [-0.2, -0.15) is 0 Å². The van der Waals surface area contributed by atoms with E-state index in [1.807, 2.05) is 6.92 Å². The van der Waals surface area contributed by atoms with Gasteiger partial charge in [-0.25, -0.2) is 0 Å². The van der Waals surface area contributed by atoms with Gasteiger partial charge in [-0.1, -0.05) is 26.7 Å². The van der Waals surface area contributed by atoms with Gasteiger partial charge in [0.2, 0.25) is 5.91 Å². The largest absolute Gasteiger partial charge is 0.482 e.